The topological polar surface area (TPSA) is 244 Å². The van der Waals surface area contributed by atoms with Crippen LogP contribution in [0.4, 0.5) is 11.1 Å². The average molecular weight is 706 g/mol. The normalized spacial score (nSPS) is 20.9. The molecule has 3 aliphatic heterocycles. The summed E-state index contributed by atoms with van der Waals surface area (Å²) < 4.78 is 3.83. The van der Waals surface area contributed by atoms with E-state index in [-0.39, 0.29) is 39.2 Å². The molecule has 3 aromatic rings. The maximum absolute atomic E-state index is 13.4. The number of thiazole rings is 1. The second-order valence-corrected chi connectivity index (χ2v) is 13.7. The summed E-state index contributed by atoms with van der Waals surface area (Å²) in [6.07, 6.45) is 2.18. The number of pyridine rings is 1. The molecule has 2 saturated heterocycles. The zero-order valence-electron chi connectivity index (χ0n) is 24.8. The van der Waals surface area contributed by atoms with Crippen LogP contribution in [0.15, 0.2) is 34.8 Å². The quantitative estimate of drug-likeness (QED) is 0.0713. The lowest BCUT2D eigenvalue weighted by atomic mass is 10.0. The Labute approximate surface area is 279 Å². The Morgan fingerprint density at radius 2 is 2.02 bits per heavy atom. The largest absolute Gasteiger partial charge is 0.478 e. The minimum absolute atomic E-state index is 0.00724. The number of nitrogen functional groups attached to an aromatic ring is 2. The molecule has 3 aliphatic rings. The molecule has 3 aromatic heterocycles. The zero-order chi connectivity index (χ0) is 33.6. The van der Waals surface area contributed by atoms with Gasteiger partial charge in [-0.2, -0.15) is 0 Å². The minimum atomic E-state index is -1.41. The number of aromatic nitrogens is 4. The van der Waals surface area contributed by atoms with E-state index in [1.165, 1.54) is 18.7 Å². The molecule has 0 radical (unpaired) electrons. The van der Waals surface area contributed by atoms with Crippen LogP contribution in [-0.2, 0) is 30.6 Å². The number of amides is 2. The van der Waals surface area contributed by atoms with Crippen LogP contribution in [0, 0.1) is 0 Å². The van der Waals surface area contributed by atoms with E-state index in [9.17, 15) is 24.3 Å². The van der Waals surface area contributed by atoms with Crippen LogP contribution in [-0.4, -0.2) is 95.5 Å². The van der Waals surface area contributed by atoms with Gasteiger partial charge in [-0.3, -0.25) is 19.1 Å². The fourth-order valence-corrected chi connectivity index (χ4v) is 8.02. The van der Waals surface area contributed by atoms with E-state index in [0.717, 1.165) is 47.7 Å². The fourth-order valence-electron chi connectivity index (χ4n) is 5.75. The molecule has 0 saturated carbocycles. The van der Waals surface area contributed by atoms with E-state index in [1.54, 1.807) is 6.20 Å². The number of nitrogens with zero attached hydrogens (tertiary/aromatic N) is 6. The molecule has 0 unspecified atom stereocenters. The summed E-state index contributed by atoms with van der Waals surface area (Å²) in [5, 5.41) is 28.2. The van der Waals surface area contributed by atoms with E-state index >= 15 is 0 Å². The highest BCUT2D eigenvalue weighted by Crippen LogP contribution is 2.40. The van der Waals surface area contributed by atoms with Crippen molar-refractivity contribution in [3.63, 3.8) is 0 Å². The summed E-state index contributed by atoms with van der Waals surface area (Å²) in [4.78, 5) is 65.3. The number of hydrogen-bond donors (Lipinski definition) is 6. The summed E-state index contributed by atoms with van der Waals surface area (Å²) in [7, 11) is 0. The number of nitrogens with two attached hydrogens (primary N) is 2. The van der Waals surface area contributed by atoms with E-state index in [1.807, 2.05) is 21.3 Å². The van der Waals surface area contributed by atoms with Crippen LogP contribution in [0.2, 0.25) is 4.34 Å². The molecular formula is C27H30ClN10O7S2+. The summed E-state index contributed by atoms with van der Waals surface area (Å²) in [6, 6.07) is 2.84. The Balaban J connectivity index is 1.24. The monoisotopic (exact) mass is 705 g/mol. The number of carbonyl (C=O) groups is 4. The van der Waals surface area contributed by atoms with Gasteiger partial charge in [0.15, 0.2) is 10.8 Å². The number of oxime groups is 1. The van der Waals surface area contributed by atoms with Crippen LogP contribution in [0.3, 0.4) is 0 Å². The number of halogens is 1. The molecule has 17 nitrogen and oxygen atoms in total. The van der Waals surface area contributed by atoms with Gasteiger partial charge in [0.05, 0.1) is 6.20 Å². The number of fused-ring (bicyclic) bond motifs is 2. The number of hydrogen-bond acceptors (Lipinski definition) is 13. The zero-order valence-corrected chi connectivity index (χ0v) is 27.1. The Morgan fingerprint density at radius 1 is 1.28 bits per heavy atom. The highest BCUT2D eigenvalue weighted by atomic mass is 35.5. The second-order valence-electron chi connectivity index (χ2n) is 11.0. The van der Waals surface area contributed by atoms with Gasteiger partial charge < -0.3 is 37.2 Å². The van der Waals surface area contributed by atoms with Gasteiger partial charge in [0.1, 0.15) is 39.2 Å². The van der Waals surface area contributed by atoms with Crippen molar-refractivity contribution in [3.05, 3.63) is 39.6 Å². The third kappa shape index (κ3) is 6.06. The van der Waals surface area contributed by atoms with Crippen LogP contribution in [0.5, 0.6) is 0 Å². The highest BCUT2D eigenvalue weighted by Gasteiger charge is 2.54. The Bertz CT molecular complexity index is 1850. The van der Waals surface area contributed by atoms with Gasteiger partial charge in [-0.1, -0.05) is 28.1 Å². The molecule has 0 aromatic carbocycles. The Hall–Kier alpha value is -4.46. The highest BCUT2D eigenvalue weighted by molar-refractivity contribution is 8.00. The predicted octanol–water partition coefficient (Wildman–Crippen LogP) is 0.155. The van der Waals surface area contributed by atoms with Crippen molar-refractivity contribution in [1.29, 1.82) is 0 Å². The summed E-state index contributed by atoms with van der Waals surface area (Å²) in [5.41, 5.74) is 13.2. The van der Waals surface area contributed by atoms with Crippen molar-refractivity contribution < 1.29 is 38.8 Å². The number of carbonyl (C=O) groups excluding carboxylic acids is 2. The van der Waals surface area contributed by atoms with E-state index < -0.39 is 47.0 Å². The molecule has 47 heavy (non-hydrogen) atoms. The number of carboxylic acid groups (broad SMARTS) is 2. The average Bonchev–Trinajstić information content (AvgIpc) is 3.56. The fraction of sp³-hybridized carbons (Fsp3) is 0.407. The van der Waals surface area contributed by atoms with E-state index in [2.05, 4.69) is 25.8 Å². The number of nitrogens with one attached hydrogen (secondary N) is 2. The van der Waals surface area contributed by atoms with Crippen LogP contribution >= 0.6 is 34.7 Å². The summed E-state index contributed by atoms with van der Waals surface area (Å²) in [5.74, 6) is -3.61. The van der Waals surface area contributed by atoms with Crippen molar-refractivity contribution in [3.8, 4) is 0 Å². The third-order valence-corrected chi connectivity index (χ3v) is 10.4. The molecule has 248 valence electrons. The molecule has 3 atom stereocenters. The van der Waals surface area contributed by atoms with Gasteiger partial charge in [0, 0.05) is 17.4 Å². The van der Waals surface area contributed by atoms with Crippen molar-refractivity contribution in [2.75, 3.05) is 30.3 Å². The van der Waals surface area contributed by atoms with Gasteiger partial charge >= 0.3 is 23.5 Å². The number of carboxylic acids is 2. The maximum Gasteiger partial charge on any atom is 0.352 e. The van der Waals surface area contributed by atoms with Crippen molar-refractivity contribution in [2.45, 2.75) is 49.9 Å². The first-order valence-electron chi connectivity index (χ1n) is 14.4. The molecule has 6 rings (SSSR count). The Morgan fingerprint density at radius 3 is 2.68 bits per heavy atom. The van der Waals surface area contributed by atoms with Crippen LogP contribution in [0.25, 0.3) is 11.2 Å². The standard InChI is InChI=1S/C27H29ClN10O7S2/c1-11(24(41)42)45-35-16(15-19(28)47-27(30)33-15)21(39)32-17-22(40)38-18(25(43)44)12(10-46-23(17)38)9-36-8-2-3-14-20(36)34-26(29)37(14)13-4-6-31-7-5-13/h2-3,8,11,13,17,23,29,31H,4-7,9-10H2,1H3,(H5,30,32,33,39,41,42,43,44)/p+1/b35-16-/t11-,17+,23+/m0/s1. The van der Waals surface area contributed by atoms with Crippen molar-refractivity contribution >= 4 is 86.4 Å². The molecule has 0 aliphatic carbocycles. The first-order chi connectivity index (χ1) is 22.5. The lowest BCUT2D eigenvalue weighted by Gasteiger charge is -2.49. The van der Waals surface area contributed by atoms with Crippen molar-refractivity contribution in [2.24, 2.45) is 5.16 Å². The minimum Gasteiger partial charge on any atom is -0.478 e. The maximum atomic E-state index is 13.4. The van der Waals surface area contributed by atoms with Gasteiger partial charge in [-0.25, -0.2) is 19.1 Å². The molecule has 6 heterocycles. The van der Waals surface area contributed by atoms with Gasteiger partial charge in [0.2, 0.25) is 6.10 Å². The van der Waals surface area contributed by atoms with Crippen LogP contribution in [0.1, 0.15) is 31.5 Å². The second kappa shape index (κ2) is 13.0. The predicted molar refractivity (Wildman–Crippen MR) is 171 cm³/mol. The molecule has 20 heteroatoms. The number of aliphatic carboxylic acids is 2. The number of β-lactam (4-membered cyclic amide) rings is 1. The lowest BCUT2D eigenvalue weighted by Crippen LogP contribution is -2.71. The van der Waals surface area contributed by atoms with Gasteiger partial charge in [-0.15, -0.1) is 11.8 Å². The van der Waals surface area contributed by atoms with Gasteiger partial charge in [-0.05, 0) is 50.0 Å². The molecule has 0 spiro atoms. The lowest BCUT2D eigenvalue weighted by molar-refractivity contribution is -0.664. The van der Waals surface area contributed by atoms with E-state index in [0.29, 0.717) is 17.2 Å². The molecule has 2 amide bonds. The van der Waals surface area contributed by atoms with Crippen LogP contribution < -0.4 is 26.7 Å². The van der Waals surface area contributed by atoms with Gasteiger partial charge in [0.25, 0.3) is 11.8 Å². The number of imidazole rings is 1. The molecule has 8 N–H and O–H groups in total. The number of thioether (sulfide) groups is 1. The summed E-state index contributed by atoms with van der Waals surface area (Å²) >= 11 is 8.32. The molecular weight excluding hydrogens is 676 g/mol. The van der Waals surface area contributed by atoms with E-state index in [4.69, 9.17) is 33.0 Å². The smallest absolute Gasteiger partial charge is 0.352 e. The van der Waals surface area contributed by atoms with Crippen molar-refractivity contribution in [1.82, 2.24) is 30.1 Å². The molecule has 0 bridgehead atoms. The Kier molecular flexibility index (Phi) is 8.97. The SMILES string of the molecule is C[C@H](O/N=C(\C(=O)N[C@@H]1C(=O)N2C(C(=O)O)=C(C[n+]3cccc4c3nc(N)n4C3CCNCC3)CS[C@H]12)c1nc(N)sc1Cl)C(=O)O. The number of rotatable bonds is 10. The number of piperidine rings is 1. The first kappa shape index (κ1) is 32.5. The third-order valence-electron chi connectivity index (χ3n) is 8.01. The molecule has 2 fully saturated rings. The first-order valence-corrected chi connectivity index (χ1v) is 16.7. The summed E-state index contributed by atoms with van der Waals surface area (Å²) in [6.45, 7) is 3.08. The number of anilines is 2.